The predicted octanol–water partition coefficient (Wildman–Crippen LogP) is 2.61. The minimum Gasteiger partial charge on any atom is -0.357 e. The van der Waals surface area contributed by atoms with Gasteiger partial charge in [0.25, 0.3) is 0 Å². The maximum atomic E-state index is 12.6. The number of guanidine groups is 1. The van der Waals surface area contributed by atoms with Gasteiger partial charge in [0.05, 0.1) is 17.2 Å². The molecular formula is C19H31N5OS. The minimum atomic E-state index is 0.271. The second-order valence-corrected chi connectivity index (χ2v) is 8.62. The SMILES string of the molecule is CCNC(=NCc1sc(C)nc1C)NC1CCN(C(=O)C2CCCC2)C1. The number of aryl methyl sites for hydroxylation is 2. The van der Waals surface area contributed by atoms with Crippen molar-refractivity contribution in [2.24, 2.45) is 10.9 Å². The van der Waals surface area contributed by atoms with Crippen molar-refractivity contribution in [2.75, 3.05) is 19.6 Å². The van der Waals surface area contributed by atoms with Crippen molar-refractivity contribution in [3.8, 4) is 0 Å². The molecule has 26 heavy (non-hydrogen) atoms. The van der Waals surface area contributed by atoms with E-state index in [-0.39, 0.29) is 12.0 Å². The molecule has 0 radical (unpaired) electrons. The third-order valence-corrected chi connectivity index (χ3v) is 6.33. The Morgan fingerprint density at radius 3 is 2.73 bits per heavy atom. The Bertz CT molecular complexity index is 650. The van der Waals surface area contributed by atoms with Crippen LogP contribution in [0.15, 0.2) is 4.99 Å². The number of hydrogen-bond acceptors (Lipinski definition) is 4. The lowest BCUT2D eigenvalue weighted by atomic mass is 10.1. The van der Waals surface area contributed by atoms with Gasteiger partial charge in [-0.1, -0.05) is 12.8 Å². The molecule has 0 bridgehead atoms. The predicted molar refractivity (Wildman–Crippen MR) is 106 cm³/mol. The van der Waals surface area contributed by atoms with Crippen LogP contribution in [-0.4, -0.2) is 47.4 Å². The highest BCUT2D eigenvalue weighted by Gasteiger charge is 2.32. The minimum absolute atomic E-state index is 0.271. The number of carbonyl (C=O) groups is 1. The molecule has 2 fully saturated rings. The van der Waals surface area contributed by atoms with Crippen LogP contribution in [0.2, 0.25) is 0 Å². The summed E-state index contributed by atoms with van der Waals surface area (Å²) in [6.07, 6.45) is 5.55. The van der Waals surface area contributed by atoms with E-state index in [1.54, 1.807) is 11.3 Å². The number of nitrogens with one attached hydrogen (secondary N) is 2. The Morgan fingerprint density at radius 2 is 2.08 bits per heavy atom. The van der Waals surface area contributed by atoms with Crippen LogP contribution in [-0.2, 0) is 11.3 Å². The van der Waals surface area contributed by atoms with Gasteiger partial charge in [-0.2, -0.15) is 0 Å². The first-order valence-electron chi connectivity index (χ1n) is 9.83. The van der Waals surface area contributed by atoms with Crippen LogP contribution in [0, 0.1) is 19.8 Å². The summed E-state index contributed by atoms with van der Waals surface area (Å²) in [5, 5.41) is 7.93. The van der Waals surface area contributed by atoms with E-state index < -0.39 is 0 Å². The third kappa shape index (κ3) is 4.75. The zero-order chi connectivity index (χ0) is 18.5. The van der Waals surface area contributed by atoms with Crippen LogP contribution in [0.4, 0.5) is 0 Å². The number of hydrogen-bond donors (Lipinski definition) is 2. The Morgan fingerprint density at radius 1 is 1.31 bits per heavy atom. The van der Waals surface area contributed by atoms with Gasteiger partial charge in [0.15, 0.2) is 5.96 Å². The van der Waals surface area contributed by atoms with Crippen LogP contribution >= 0.6 is 11.3 Å². The largest absolute Gasteiger partial charge is 0.357 e. The summed E-state index contributed by atoms with van der Waals surface area (Å²) < 4.78 is 0. The molecule has 2 aliphatic rings. The smallest absolute Gasteiger partial charge is 0.225 e. The van der Waals surface area contributed by atoms with E-state index in [0.29, 0.717) is 12.5 Å². The van der Waals surface area contributed by atoms with Crippen molar-refractivity contribution >= 4 is 23.2 Å². The number of aliphatic imine (C=N–C) groups is 1. The standard InChI is InChI=1S/C19H31N5OS/c1-4-20-19(21-11-17-13(2)22-14(3)26-17)23-16-9-10-24(12-16)18(25)15-7-5-6-8-15/h15-16H,4-12H2,1-3H3,(H2,20,21,23). The molecule has 1 aromatic heterocycles. The highest BCUT2D eigenvalue weighted by Crippen LogP contribution is 2.27. The highest BCUT2D eigenvalue weighted by molar-refractivity contribution is 7.11. The zero-order valence-corrected chi connectivity index (χ0v) is 17.0. The number of nitrogens with zero attached hydrogens (tertiary/aromatic N) is 3. The van der Waals surface area contributed by atoms with Crippen LogP contribution in [0.1, 0.15) is 54.6 Å². The molecule has 1 aliphatic carbocycles. The molecule has 144 valence electrons. The molecule has 1 aliphatic heterocycles. The number of aromatic nitrogens is 1. The van der Waals surface area contributed by atoms with Crippen molar-refractivity contribution in [3.05, 3.63) is 15.6 Å². The molecule has 1 saturated carbocycles. The summed E-state index contributed by atoms with van der Waals surface area (Å²) in [5.74, 6) is 1.47. The Balaban J connectivity index is 1.55. The molecule has 1 unspecified atom stereocenters. The van der Waals surface area contributed by atoms with Gasteiger partial charge < -0.3 is 15.5 Å². The Labute approximate surface area is 160 Å². The Kier molecular flexibility index (Phi) is 6.51. The van der Waals surface area contributed by atoms with Crippen molar-refractivity contribution in [1.29, 1.82) is 0 Å². The zero-order valence-electron chi connectivity index (χ0n) is 16.2. The van der Waals surface area contributed by atoms with Crippen molar-refractivity contribution in [3.63, 3.8) is 0 Å². The molecule has 7 heteroatoms. The number of rotatable bonds is 5. The molecule has 1 amide bonds. The molecule has 2 heterocycles. The van der Waals surface area contributed by atoms with Gasteiger partial charge in [0.2, 0.25) is 5.91 Å². The van der Waals surface area contributed by atoms with Gasteiger partial charge in [-0.05, 0) is 40.0 Å². The summed E-state index contributed by atoms with van der Waals surface area (Å²) in [6.45, 7) is 9.26. The first kappa shape index (κ1) is 19.1. The molecule has 6 nitrogen and oxygen atoms in total. The van der Waals surface area contributed by atoms with Crippen molar-refractivity contribution in [1.82, 2.24) is 20.5 Å². The summed E-state index contributed by atoms with van der Waals surface area (Å²) >= 11 is 1.71. The van der Waals surface area contributed by atoms with E-state index in [9.17, 15) is 4.79 Å². The average Bonchev–Trinajstić information content (AvgIpc) is 3.34. The van der Waals surface area contributed by atoms with Crippen LogP contribution in [0.3, 0.4) is 0 Å². The first-order chi connectivity index (χ1) is 12.6. The number of thiazole rings is 1. The molecule has 3 rings (SSSR count). The van der Waals surface area contributed by atoms with E-state index in [4.69, 9.17) is 4.99 Å². The van der Waals surface area contributed by atoms with Crippen LogP contribution < -0.4 is 10.6 Å². The molecular weight excluding hydrogens is 346 g/mol. The second kappa shape index (κ2) is 8.84. The second-order valence-electron chi connectivity index (χ2n) is 7.33. The fourth-order valence-electron chi connectivity index (χ4n) is 3.89. The fourth-order valence-corrected chi connectivity index (χ4v) is 4.76. The summed E-state index contributed by atoms with van der Waals surface area (Å²) in [4.78, 5) is 25.1. The highest BCUT2D eigenvalue weighted by atomic mass is 32.1. The van der Waals surface area contributed by atoms with Crippen LogP contribution in [0.25, 0.3) is 0 Å². The molecule has 1 atom stereocenters. The van der Waals surface area contributed by atoms with Gasteiger partial charge >= 0.3 is 0 Å². The first-order valence-corrected chi connectivity index (χ1v) is 10.6. The molecule has 0 spiro atoms. The lowest BCUT2D eigenvalue weighted by Gasteiger charge is -2.21. The van der Waals surface area contributed by atoms with Gasteiger partial charge in [-0.25, -0.2) is 9.98 Å². The quantitative estimate of drug-likeness (QED) is 0.611. The van der Waals surface area contributed by atoms with E-state index in [1.165, 1.54) is 17.7 Å². The number of likely N-dealkylation sites (tertiary alicyclic amines) is 1. The van der Waals surface area contributed by atoms with Gasteiger partial charge in [0.1, 0.15) is 0 Å². The fraction of sp³-hybridized carbons (Fsp3) is 0.737. The summed E-state index contributed by atoms with van der Waals surface area (Å²) in [7, 11) is 0. The van der Waals surface area contributed by atoms with Gasteiger partial charge in [-0.3, -0.25) is 4.79 Å². The maximum absolute atomic E-state index is 12.6. The van der Waals surface area contributed by atoms with E-state index in [1.807, 2.05) is 18.7 Å². The van der Waals surface area contributed by atoms with Crippen molar-refractivity contribution < 1.29 is 4.79 Å². The normalized spacial score (nSPS) is 21.4. The van der Waals surface area contributed by atoms with Crippen LogP contribution in [0.5, 0.6) is 0 Å². The monoisotopic (exact) mass is 377 g/mol. The third-order valence-electron chi connectivity index (χ3n) is 5.27. The average molecular weight is 378 g/mol. The molecule has 2 N–H and O–H groups in total. The summed E-state index contributed by atoms with van der Waals surface area (Å²) in [5.41, 5.74) is 1.07. The number of amides is 1. The van der Waals surface area contributed by atoms with Gasteiger partial charge in [-0.15, -0.1) is 11.3 Å². The molecule has 0 aromatic carbocycles. The Hall–Kier alpha value is -1.63. The van der Waals surface area contributed by atoms with Crippen molar-refractivity contribution in [2.45, 2.75) is 65.5 Å². The van der Waals surface area contributed by atoms with Gasteiger partial charge in [0, 0.05) is 36.5 Å². The molecule has 1 aromatic rings. The van der Waals surface area contributed by atoms with E-state index in [2.05, 4.69) is 22.5 Å². The lowest BCUT2D eigenvalue weighted by molar-refractivity contribution is -0.134. The van der Waals surface area contributed by atoms with E-state index >= 15 is 0 Å². The topological polar surface area (TPSA) is 69.6 Å². The lowest BCUT2D eigenvalue weighted by Crippen LogP contribution is -2.45. The van der Waals surface area contributed by atoms with E-state index in [0.717, 1.165) is 55.6 Å². The summed E-state index contributed by atoms with van der Waals surface area (Å²) in [6, 6.07) is 0.280. The number of carbonyl (C=O) groups excluding carboxylic acids is 1. The molecule has 1 saturated heterocycles. The maximum Gasteiger partial charge on any atom is 0.225 e.